The van der Waals surface area contributed by atoms with E-state index in [1.54, 1.807) is 0 Å². The van der Waals surface area contributed by atoms with E-state index in [-0.39, 0.29) is 0 Å². The van der Waals surface area contributed by atoms with Crippen molar-refractivity contribution in [1.29, 1.82) is 0 Å². The van der Waals surface area contributed by atoms with Gasteiger partial charge in [0, 0.05) is 12.6 Å². The van der Waals surface area contributed by atoms with Crippen LogP contribution in [0.5, 0.6) is 0 Å². The third-order valence-corrected chi connectivity index (χ3v) is 4.03. The average molecular weight is 226 g/mol. The molecule has 0 aromatic rings. The summed E-state index contributed by atoms with van der Waals surface area (Å²) in [5.41, 5.74) is 0. The van der Waals surface area contributed by atoms with Gasteiger partial charge in [-0.05, 0) is 38.4 Å². The summed E-state index contributed by atoms with van der Waals surface area (Å²) >= 11 is 0. The first-order valence-corrected chi connectivity index (χ1v) is 7.27. The molecule has 0 bridgehead atoms. The second kappa shape index (κ2) is 8.08. The fourth-order valence-corrected chi connectivity index (χ4v) is 2.94. The molecule has 2 heteroatoms. The first-order valence-electron chi connectivity index (χ1n) is 7.27. The quantitative estimate of drug-likeness (QED) is 0.718. The zero-order valence-electron chi connectivity index (χ0n) is 11.5. The molecular formula is C14H30N2. The second-order valence-corrected chi connectivity index (χ2v) is 5.05. The molecule has 2 nitrogen and oxygen atoms in total. The molecule has 0 amide bonds. The van der Waals surface area contributed by atoms with Crippen LogP contribution in [0.1, 0.15) is 52.9 Å². The molecule has 1 N–H and O–H groups in total. The van der Waals surface area contributed by atoms with Crippen molar-refractivity contribution in [3.8, 4) is 0 Å². The van der Waals surface area contributed by atoms with Crippen LogP contribution in [0.2, 0.25) is 0 Å². The van der Waals surface area contributed by atoms with Gasteiger partial charge in [0.25, 0.3) is 0 Å². The van der Waals surface area contributed by atoms with Gasteiger partial charge in [0.15, 0.2) is 0 Å². The Morgan fingerprint density at radius 2 is 1.69 bits per heavy atom. The number of nitrogens with one attached hydrogen (secondary N) is 1. The minimum absolute atomic E-state index is 0.727. The van der Waals surface area contributed by atoms with E-state index in [1.165, 1.54) is 51.7 Å². The second-order valence-electron chi connectivity index (χ2n) is 5.05. The maximum absolute atomic E-state index is 3.71. The predicted octanol–water partition coefficient (Wildman–Crippen LogP) is 2.89. The highest BCUT2D eigenvalue weighted by Gasteiger charge is 2.23. The summed E-state index contributed by atoms with van der Waals surface area (Å²) in [7, 11) is 0. The lowest BCUT2D eigenvalue weighted by Gasteiger charge is -2.34. The van der Waals surface area contributed by atoms with Crippen LogP contribution in [0.15, 0.2) is 0 Å². The predicted molar refractivity (Wildman–Crippen MR) is 71.8 cm³/mol. The molecule has 1 aliphatic carbocycles. The fraction of sp³-hybridized carbons (Fsp3) is 1.00. The normalized spacial score (nSPS) is 20.2. The topological polar surface area (TPSA) is 15.3 Å². The van der Waals surface area contributed by atoms with Crippen molar-refractivity contribution in [1.82, 2.24) is 10.2 Å². The Kier molecular flexibility index (Phi) is 7.06. The molecule has 16 heavy (non-hydrogen) atoms. The average Bonchev–Trinajstić information content (AvgIpc) is 2.35. The highest BCUT2D eigenvalue weighted by Crippen LogP contribution is 2.26. The summed E-state index contributed by atoms with van der Waals surface area (Å²) in [6, 6.07) is 0.727. The van der Waals surface area contributed by atoms with Crippen molar-refractivity contribution in [2.45, 2.75) is 58.9 Å². The van der Waals surface area contributed by atoms with Gasteiger partial charge >= 0.3 is 0 Å². The molecule has 0 heterocycles. The van der Waals surface area contributed by atoms with Gasteiger partial charge in [0.2, 0.25) is 0 Å². The molecular weight excluding hydrogens is 196 g/mol. The Labute approximate surface area is 102 Å². The Morgan fingerprint density at radius 3 is 2.19 bits per heavy atom. The lowest BCUT2D eigenvalue weighted by Crippen LogP contribution is -2.46. The van der Waals surface area contributed by atoms with Crippen LogP contribution in [0, 0.1) is 5.92 Å². The molecule has 1 aliphatic rings. The first kappa shape index (κ1) is 14.0. The molecule has 1 rings (SSSR count). The van der Waals surface area contributed by atoms with Gasteiger partial charge in [-0.1, -0.05) is 40.0 Å². The van der Waals surface area contributed by atoms with Crippen LogP contribution >= 0.6 is 0 Å². The third-order valence-electron chi connectivity index (χ3n) is 4.03. The van der Waals surface area contributed by atoms with Crippen LogP contribution < -0.4 is 5.32 Å². The van der Waals surface area contributed by atoms with Gasteiger partial charge in [0.05, 0.1) is 0 Å². The van der Waals surface area contributed by atoms with Gasteiger partial charge in [-0.15, -0.1) is 0 Å². The first-order chi connectivity index (χ1) is 7.81. The van der Waals surface area contributed by atoms with E-state index >= 15 is 0 Å². The van der Waals surface area contributed by atoms with E-state index in [1.807, 2.05) is 0 Å². The van der Waals surface area contributed by atoms with E-state index < -0.39 is 0 Å². The highest BCUT2D eigenvalue weighted by atomic mass is 15.1. The summed E-state index contributed by atoms with van der Waals surface area (Å²) in [4.78, 5) is 2.56. The van der Waals surface area contributed by atoms with Crippen LogP contribution in [0.4, 0.5) is 0 Å². The van der Waals surface area contributed by atoms with E-state index in [9.17, 15) is 0 Å². The minimum atomic E-state index is 0.727. The molecule has 1 atom stereocenters. The molecule has 0 aliphatic heterocycles. The van der Waals surface area contributed by atoms with Gasteiger partial charge in [-0.2, -0.15) is 0 Å². The number of nitrogens with zero attached hydrogens (tertiary/aromatic N) is 1. The van der Waals surface area contributed by atoms with E-state index in [0.717, 1.165) is 18.5 Å². The molecule has 0 spiro atoms. The Bertz CT molecular complexity index is 160. The number of hydrogen-bond donors (Lipinski definition) is 1. The van der Waals surface area contributed by atoms with E-state index in [4.69, 9.17) is 0 Å². The lowest BCUT2D eigenvalue weighted by molar-refractivity contribution is 0.195. The monoisotopic (exact) mass is 226 g/mol. The van der Waals surface area contributed by atoms with Crippen LogP contribution in [0.3, 0.4) is 0 Å². The Hall–Kier alpha value is -0.0800. The Morgan fingerprint density at radius 1 is 1.06 bits per heavy atom. The third kappa shape index (κ3) is 4.42. The molecule has 0 saturated heterocycles. The van der Waals surface area contributed by atoms with Gasteiger partial charge in [-0.25, -0.2) is 0 Å². The summed E-state index contributed by atoms with van der Waals surface area (Å²) in [5.74, 6) is 0.925. The van der Waals surface area contributed by atoms with Gasteiger partial charge in [0.1, 0.15) is 0 Å². The van der Waals surface area contributed by atoms with Crippen molar-refractivity contribution < 1.29 is 0 Å². The molecule has 1 saturated carbocycles. The largest absolute Gasteiger partial charge is 0.313 e. The summed E-state index contributed by atoms with van der Waals surface area (Å²) < 4.78 is 0. The summed E-state index contributed by atoms with van der Waals surface area (Å²) in [6.07, 6.45) is 7.24. The zero-order valence-corrected chi connectivity index (χ0v) is 11.5. The number of hydrogen-bond acceptors (Lipinski definition) is 2. The molecule has 0 aromatic heterocycles. The molecule has 0 radical (unpaired) electrons. The molecule has 96 valence electrons. The molecule has 1 fully saturated rings. The fourth-order valence-electron chi connectivity index (χ4n) is 2.94. The maximum atomic E-state index is 3.71. The molecule has 1 unspecified atom stereocenters. The Balaban J connectivity index is 2.44. The summed E-state index contributed by atoms with van der Waals surface area (Å²) in [6.45, 7) is 11.5. The standard InChI is InChI=1S/C14H30N2/c1-4-15-14(12-16(5-2)6-3)13-10-8-7-9-11-13/h13-15H,4-12H2,1-3H3. The van der Waals surface area contributed by atoms with E-state index in [0.29, 0.717) is 0 Å². The van der Waals surface area contributed by atoms with Crippen LogP contribution in [-0.2, 0) is 0 Å². The van der Waals surface area contributed by atoms with Crippen molar-refractivity contribution in [3.63, 3.8) is 0 Å². The SMILES string of the molecule is CCNC(CN(CC)CC)C1CCCCC1. The zero-order chi connectivity index (χ0) is 11.8. The maximum Gasteiger partial charge on any atom is 0.0223 e. The van der Waals surface area contributed by atoms with Crippen molar-refractivity contribution in [2.24, 2.45) is 5.92 Å². The van der Waals surface area contributed by atoms with Gasteiger partial charge in [-0.3, -0.25) is 0 Å². The highest BCUT2D eigenvalue weighted by molar-refractivity contribution is 4.81. The number of likely N-dealkylation sites (N-methyl/N-ethyl adjacent to an activating group) is 2. The van der Waals surface area contributed by atoms with Gasteiger partial charge < -0.3 is 10.2 Å². The van der Waals surface area contributed by atoms with Crippen molar-refractivity contribution in [3.05, 3.63) is 0 Å². The molecule has 0 aromatic carbocycles. The van der Waals surface area contributed by atoms with Crippen LogP contribution in [-0.4, -0.2) is 37.1 Å². The van der Waals surface area contributed by atoms with Crippen molar-refractivity contribution >= 4 is 0 Å². The lowest BCUT2D eigenvalue weighted by atomic mass is 9.83. The van der Waals surface area contributed by atoms with Crippen molar-refractivity contribution in [2.75, 3.05) is 26.2 Å². The van der Waals surface area contributed by atoms with E-state index in [2.05, 4.69) is 31.0 Å². The number of rotatable bonds is 7. The summed E-state index contributed by atoms with van der Waals surface area (Å²) in [5, 5.41) is 3.71. The smallest absolute Gasteiger partial charge is 0.0223 e. The minimum Gasteiger partial charge on any atom is -0.313 e. The van der Waals surface area contributed by atoms with Crippen LogP contribution in [0.25, 0.3) is 0 Å².